The predicted molar refractivity (Wildman–Crippen MR) is 99.6 cm³/mol. The summed E-state index contributed by atoms with van der Waals surface area (Å²) >= 11 is 3.06. The van der Waals surface area contributed by atoms with Gasteiger partial charge in [0.15, 0.2) is 11.0 Å². The second-order valence-corrected chi connectivity index (χ2v) is 6.99. The highest BCUT2D eigenvalue weighted by Crippen LogP contribution is 2.27. The number of hydrogen-bond donors (Lipinski definition) is 0. The van der Waals surface area contributed by atoms with Crippen LogP contribution in [0.15, 0.2) is 53.0 Å². The zero-order valence-corrected chi connectivity index (χ0v) is 15.2. The number of nitrogens with zero attached hydrogens (tertiary/aromatic N) is 4. The first-order chi connectivity index (χ1) is 11.7. The lowest BCUT2D eigenvalue weighted by Crippen LogP contribution is -2.27. The molecule has 0 aliphatic heterocycles. The molecule has 0 atom stereocenters. The summed E-state index contributed by atoms with van der Waals surface area (Å²) in [6, 6.07) is 13.7. The summed E-state index contributed by atoms with van der Waals surface area (Å²) in [5.74, 6) is 1.22. The normalized spacial score (nSPS) is 10.8. The van der Waals surface area contributed by atoms with E-state index in [9.17, 15) is 4.79 Å². The standard InChI is InChI=1S/C17H18N4OS2/c1-3-21-16(14-10-7-11-23-14)18-19-17(21)24-12-15(22)20(2)13-8-5-4-6-9-13/h4-11H,3,12H2,1-2H3. The van der Waals surface area contributed by atoms with E-state index < -0.39 is 0 Å². The van der Waals surface area contributed by atoms with Crippen LogP contribution >= 0.6 is 23.1 Å². The Morgan fingerprint density at radius 3 is 2.67 bits per heavy atom. The van der Waals surface area contributed by atoms with Crippen molar-refractivity contribution in [2.24, 2.45) is 0 Å². The molecule has 0 saturated heterocycles. The predicted octanol–water partition coefficient (Wildman–Crippen LogP) is 3.78. The summed E-state index contributed by atoms with van der Waals surface area (Å²) in [7, 11) is 1.79. The number of thiophene rings is 1. The first-order valence-electron chi connectivity index (χ1n) is 7.62. The maximum absolute atomic E-state index is 12.4. The maximum atomic E-state index is 12.4. The van der Waals surface area contributed by atoms with E-state index in [1.54, 1.807) is 23.3 Å². The highest BCUT2D eigenvalue weighted by Gasteiger charge is 2.17. The monoisotopic (exact) mass is 358 g/mol. The number of amides is 1. The molecule has 0 unspecified atom stereocenters. The summed E-state index contributed by atoms with van der Waals surface area (Å²) in [5.41, 5.74) is 0.888. The number of carbonyl (C=O) groups excluding carboxylic acids is 1. The van der Waals surface area contributed by atoms with Crippen molar-refractivity contribution in [2.75, 3.05) is 17.7 Å². The van der Waals surface area contributed by atoms with Crippen LogP contribution in [-0.4, -0.2) is 33.5 Å². The SMILES string of the molecule is CCn1c(SCC(=O)N(C)c2ccccc2)nnc1-c1cccs1. The fraction of sp³-hybridized carbons (Fsp3) is 0.235. The molecular weight excluding hydrogens is 340 g/mol. The average molecular weight is 358 g/mol. The summed E-state index contributed by atoms with van der Waals surface area (Å²) in [6.07, 6.45) is 0. The highest BCUT2D eigenvalue weighted by atomic mass is 32.2. The number of hydrogen-bond acceptors (Lipinski definition) is 5. The second kappa shape index (κ2) is 7.63. The lowest BCUT2D eigenvalue weighted by Gasteiger charge is -2.16. The number of anilines is 1. The van der Waals surface area contributed by atoms with Crippen molar-refractivity contribution >= 4 is 34.7 Å². The van der Waals surface area contributed by atoms with Gasteiger partial charge in [0, 0.05) is 19.3 Å². The van der Waals surface area contributed by atoms with Crippen molar-refractivity contribution in [3.8, 4) is 10.7 Å². The molecule has 5 nitrogen and oxygen atoms in total. The smallest absolute Gasteiger partial charge is 0.237 e. The van der Waals surface area contributed by atoms with Crippen molar-refractivity contribution in [3.63, 3.8) is 0 Å². The maximum Gasteiger partial charge on any atom is 0.237 e. The minimum Gasteiger partial charge on any atom is -0.315 e. The number of thioether (sulfide) groups is 1. The van der Waals surface area contributed by atoms with Crippen LogP contribution in [-0.2, 0) is 11.3 Å². The van der Waals surface area contributed by atoms with E-state index in [4.69, 9.17) is 0 Å². The number of carbonyl (C=O) groups is 1. The number of rotatable bonds is 6. The summed E-state index contributed by atoms with van der Waals surface area (Å²) in [5, 5.41) is 11.3. The Kier molecular flexibility index (Phi) is 5.32. The van der Waals surface area contributed by atoms with Crippen molar-refractivity contribution < 1.29 is 4.79 Å². The molecule has 0 saturated carbocycles. The molecule has 3 rings (SSSR count). The lowest BCUT2D eigenvalue weighted by atomic mass is 10.3. The van der Waals surface area contributed by atoms with E-state index >= 15 is 0 Å². The van der Waals surface area contributed by atoms with E-state index in [0.29, 0.717) is 5.75 Å². The van der Waals surface area contributed by atoms with Crippen molar-refractivity contribution in [1.29, 1.82) is 0 Å². The van der Waals surface area contributed by atoms with Gasteiger partial charge in [0.2, 0.25) is 5.91 Å². The van der Waals surface area contributed by atoms with Crippen molar-refractivity contribution in [1.82, 2.24) is 14.8 Å². The Bertz CT molecular complexity index is 799. The molecule has 0 N–H and O–H groups in total. The molecule has 2 heterocycles. The van der Waals surface area contributed by atoms with Gasteiger partial charge in [-0.3, -0.25) is 4.79 Å². The average Bonchev–Trinajstić information content (AvgIpc) is 3.28. The van der Waals surface area contributed by atoms with Crippen molar-refractivity contribution in [3.05, 3.63) is 47.8 Å². The Morgan fingerprint density at radius 1 is 1.21 bits per heavy atom. The van der Waals surface area contributed by atoms with Gasteiger partial charge < -0.3 is 9.47 Å². The third-order valence-corrected chi connectivity index (χ3v) is 5.43. The second-order valence-electron chi connectivity index (χ2n) is 5.10. The molecule has 7 heteroatoms. The first kappa shape index (κ1) is 16.7. The quantitative estimate of drug-likeness (QED) is 0.629. The van der Waals surface area contributed by atoms with Gasteiger partial charge in [-0.2, -0.15) is 0 Å². The molecule has 1 amide bonds. The fourth-order valence-electron chi connectivity index (χ4n) is 2.29. The van der Waals surface area contributed by atoms with Crippen molar-refractivity contribution in [2.45, 2.75) is 18.6 Å². The first-order valence-corrected chi connectivity index (χ1v) is 9.48. The van der Waals surface area contributed by atoms with Gasteiger partial charge in [0.25, 0.3) is 0 Å². The molecule has 2 aromatic heterocycles. The van der Waals surface area contributed by atoms with Crippen LogP contribution < -0.4 is 4.90 Å². The summed E-state index contributed by atoms with van der Waals surface area (Å²) < 4.78 is 2.05. The summed E-state index contributed by atoms with van der Waals surface area (Å²) in [6.45, 7) is 2.83. The topological polar surface area (TPSA) is 51.0 Å². The Balaban J connectivity index is 1.70. The van der Waals surface area contributed by atoms with E-state index in [1.165, 1.54) is 11.8 Å². The van der Waals surface area contributed by atoms with Crippen LogP contribution in [0.4, 0.5) is 5.69 Å². The molecule has 1 aromatic carbocycles. The van der Waals surface area contributed by atoms with Gasteiger partial charge in [-0.1, -0.05) is 36.0 Å². The molecule has 3 aromatic rings. The largest absolute Gasteiger partial charge is 0.315 e. The van der Waals surface area contributed by atoms with Crippen LogP contribution in [0.1, 0.15) is 6.92 Å². The fourth-order valence-corrected chi connectivity index (χ4v) is 3.92. The number of benzene rings is 1. The third kappa shape index (κ3) is 3.52. The highest BCUT2D eigenvalue weighted by molar-refractivity contribution is 7.99. The van der Waals surface area contributed by atoms with Gasteiger partial charge in [0.1, 0.15) is 0 Å². The summed E-state index contributed by atoms with van der Waals surface area (Å²) in [4.78, 5) is 15.2. The zero-order valence-electron chi connectivity index (χ0n) is 13.5. The van der Waals surface area contributed by atoms with Crippen LogP contribution in [0.2, 0.25) is 0 Å². The van der Waals surface area contributed by atoms with Gasteiger partial charge in [-0.05, 0) is 30.5 Å². The molecule has 0 aliphatic rings. The third-order valence-electron chi connectivity index (χ3n) is 3.62. The van der Waals surface area contributed by atoms with Crippen LogP contribution in [0.3, 0.4) is 0 Å². The Hall–Kier alpha value is -2.12. The van der Waals surface area contributed by atoms with Crippen LogP contribution in [0, 0.1) is 0 Å². The van der Waals surface area contributed by atoms with E-state index in [2.05, 4.69) is 17.1 Å². The Morgan fingerprint density at radius 2 is 2.00 bits per heavy atom. The van der Waals surface area contributed by atoms with Gasteiger partial charge >= 0.3 is 0 Å². The van der Waals surface area contributed by atoms with Crippen LogP contribution in [0.5, 0.6) is 0 Å². The molecule has 0 fully saturated rings. The number of aromatic nitrogens is 3. The van der Waals surface area contributed by atoms with Crippen LogP contribution in [0.25, 0.3) is 10.7 Å². The van der Waals surface area contributed by atoms with Gasteiger partial charge in [0.05, 0.1) is 10.6 Å². The molecule has 24 heavy (non-hydrogen) atoms. The minimum absolute atomic E-state index is 0.0366. The molecular formula is C17H18N4OS2. The molecule has 124 valence electrons. The van der Waals surface area contributed by atoms with Gasteiger partial charge in [-0.15, -0.1) is 21.5 Å². The van der Waals surface area contributed by atoms with E-state index in [-0.39, 0.29) is 5.91 Å². The Labute approximate surface area is 149 Å². The molecule has 0 bridgehead atoms. The van der Waals surface area contributed by atoms with Gasteiger partial charge in [-0.25, -0.2) is 0 Å². The molecule has 0 radical (unpaired) electrons. The number of para-hydroxylation sites is 1. The van der Waals surface area contributed by atoms with E-state index in [0.717, 1.165) is 28.1 Å². The van der Waals surface area contributed by atoms with E-state index in [1.807, 2.05) is 52.4 Å². The zero-order chi connectivity index (χ0) is 16.9. The molecule has 0 spiro atoms. The minimum atomic E-state index is 0.0366. The lowest BCUT2D eigenvalue weighted by molar-refractivity contribution is -0.115. The molecule has 0 aliphatic carbocycles.